The van der Waals surface area contributed by atoms with E-state index in [1.165, 1.54) is 6.07 Å². The first-order chi connectivity index (χ1) is 7.56. The minimum absolute atomic E-state index is 0.0278. The lowest BCUT2D eigenvalue weighted by Crippen LogP contribution is -2.30. The summed E-state index contributed by atoms with van der Waals surface area (Å²) >= 11 is 5.62. The van der Waals surface area contributed by atoms with Gasteiger partial charge in [0.25, 0.3) is 0 Å². The molecule has 1 aromatic rings. The summed E-state index contributed by atoms with van der Waals surface area (Å²) in [6.07, 6.45) is 1.94. The molecule has 16 heavy (non-hydrogen) atoms. The predicted octanol–water partition coefficient (Wildman–Crippen LogP) is 2.35. The van der Waals surface area contributed by atoms with Gasteiger partial charge >= 0.3 is 6.03 Å². The number of nitrogen functional groups attached to an aromatic ring is 1. The van der Waals surface area contributed by atoms with E-state index in [2.05, 4.69) is 10.6 Å². The lowest BCUT2D eigenvalue weighted by atomic mass is 10.2. The average Bonchev–Trinajstić information content (AvgIpc) is 2.98. The Morgan fingerprint density at radius 2 is 2.19 bits per heavy atom. The third kappa shape index (κ3) is 2.55. The molecule has 2 amide bonds. The van der Waals surface area contributed by atoms with Crippen molar-refractivity contribution >= 4 is 29.0 Å². The molecule has 6 heteroatoms. The molecular formula is C10H11ClFN3O. The van der Waals surface area contributed by atoms with Crippen molar-refractivity contribution in [1.29, 1.82) is 0 Å². The fourth-order valence-corrected chi connectivity index (χ4v) is 1.38. The lowest BCUT2D eigenvalue weighted by molar-refractivity contribution is 0.251. The second kappa shape index (κ2) is 4.17. The maximum absolute atomic E-state index is 13.4. The number of nitrogens with one attached hydrogen (secondary N) is 2. The van der Waals surface area contributed by atoms with Gasteiger partial charge in [-0.05, 0) is 25.0 Å². The van der Waals surface area contributed by atoms with Gasteiger partial charge in [-0.1, -0.05) is 11.6 Å². The summed E-state index contributed by atoms with van der Waals surface area (Å²) in [7, 11) is 0. The van der Waals surface area contributed by atoms with Gasteiger partial charge in [0.2, 0.25) is 0 Å². The average molecular weight is 244 g/mol. The van der Waals surface area contributed by atoms with Crippen LogP contribution in [0.15, 0.2) is 12.1 Å². The van der Waals surface area contributed by atoms with Gasteiger partial charge in [-0.2, -0.15) is 0 Å². The Morgan fingerprint density at radius 3 is 2.81 bits per heavy atom. The molecule has 0 saturated heterocycles. The molecule has 1 fully saturated rings. The van der Waals surface area contributed by atoms with Crippen LogP contribution in [0.2, 0.25) is 5.02 Å². The minimum Gasteiger partial charge on any atom is -0.397 e. The molecule has 0 aliphatic heterocycles. The fraction of sp³-hybridized carbons (Fsp3) is 0.300. The van der Waals surface area contributed by atoms with Crippen LogP contribution in [0, 0.1) is 5.82 Å². The second-order valence-corrected chi connectivity index (χ2v) is 4.13. The number of hydrogen-bond donors (Lipinski definition) is 3. The number of urea groups is 1. The lowest BCUT2D eigenvalue weighted by Gasteiger charge is -2.09. The third-order valence-electron chi connectivity index (χ3n) is 2.25. The van der Waals surface area contributed by atoms with Crippen molar-refractivity contribution in [2.24, 2.45) is 0 Å². The summed E-state index contributed by atoms with van der Waals surface area (Å²) in [5, 5.41) is 5.19. The normalized spacial score (nSPS) is 14.6. The molecule has 2 rings (SSSR count). The van der Waals surface area contributed by atoms with Crippen LogP contribution in [0.25, 0.3) is 0 Å². The molecule has 4 N–H and O–H groups in total. The molecule has 0 spiro atoms. The molecule has 0 heterocycles. The summed E-state index contributed by atoms with van der Waals surface area (Å²) in [5.74, 6) is -0.606. The molecule has 4 nitrogen and oxygen atoms in total. The number of carbonyl (C=O) groups excluding carboxylic acids is 1. The van der Waals surface area contributed by atoms with Crippen LogP contribution in [0.3, 0.4) is 0 Å². The van der Waals surface area contributed by atoms with Crippen molar-refractivity contribution in [2.45, 2.75) is 18.9 Å². The van der Waals surface area contributed by atoms with Crippen LogP contribution in [0.1, 0.15) is 12.8 Å². The highest BCUT2D eigenvalue weighted by molar-refractivity contribution is 6.33. The topological polar surface area (TPSA) is 67.1 Å². The summed E-state index contributed by atoms with van der Waals surface area (Å²) < 4.78 is 13.4. The van der Waals surface area contributed by atoms with E-state index >= 15 is 0 Å². The van der Waals surface area contributed by atoms with E-state index in [4.69, 9.17) is 17.3 Å². The Bertz CT molecular complexity index is 434. The van der Waals surface area contributed by atoms with Crippen LogP contribution >= 0.6 is 11.6 Å². The Morgan fingerprint density at radius 1 is 1.50 bits per heavy atom. The Balaban J connectivity index is 2.07. The zero-order chi connectivity index (χ0) is 11.7. The van der Waals surface area contributed by atoms with E-state index in [1.54, 1.807) is 0 Å². The van der Waals surface area contributed by atoms with Gasteiger partial charge in [-0.15, -0.1) is 0 Å². The SMILES string of the molecule is Nc1cc(NC(=O)NC2CC2)c(F)cc1Cl. The van der Waals surface area contributed by atoms with E-state index in [0.29, 0.717) is 0 Å². The summed E-state index contributed by atoms with van der Waals surface area (Å²) in [6, 6.07) is 2.16. The maximum Gasteiger partial charge on any atom is 0.319 e. The standard InChI is InChI=1S/C10H11ClFN3O/c11-6-3-7(12)9(4-8(6)13)15-10(16)14-5-1-2-5/h3-5H,1-2,13H2,(H2,14,15,16). The van der Waals surface area contributed by atoms with Crippen LogP contribution in [0.5, 0.6) is 0 Å². The van der Waals surface area contributed by atoms with Crippen molar-refractivity contribution in [2.75, 3.05) is 11.1 Å². The van der Waals surface area contributed by atoms with E-state index in [1.807, 2.05) is 0 Å². The zero-order valence-corrected chi connectivity index (χ0v) is 9.14. The number of benzene rings is 1. The van der Waals surface area contributed by atoms with Crippen LogP contribution in [0.4, 0.5) is 20.6 Å². The summed E-state index contributed by atoms with van der Waals surface area (Å²) in [6.45, 7) is 0. The fourth-order valence-electron chi connectivity index (χ4n) is 1.23. The van der Waals surface area contributed by atoms with Gasteiger partial charge in [0.05, 0.1) is 16.4 Å². The molecule has 0 atom stereocenters. The van der Waals surface area contributed by atoms with Crippen LogP contribution in [-0.4, -0.2) is 12.1 Å². The van der Waals surface area contributed by atoms with E-state index in [0.717, 1.165) is 18.9 Å². The molecule has 0 aromatic heterocycles. The molecule has 0 radical (unpaired) electrons. The predicted molar refractivity (Wildman–Crippen MR) is 61.0 cm³/mol. The number of halogens is 2. The quantitative estimate of drug-likeness (QED) is 0.698. The molecule has 1 saturated carbocycles. The third-order valence-corrected chi connectivity index (χ3v) is 2.57. The molecule has 0 unspecified atom stereocenters. The van der Waals surface area contributed by atoms with Crippen LogP contribution in [-0.2, 0) is 0 Å². The summed E-state index contributed by atoms with van der Waals surface area (Å²) in [4.78, 5) is 11.3. The number of carbonyl (C=O) groups is 1. The van der Waals surface area contributed by atoms with Gasteiger partial charge in [-0.3, -0.25) is 0 Å². The monoisotopic (exact) mass is 243 g/mol. The van der Waals surface area contributed by atoms with E-state index in [9.17, 15) is 9.18 Å². The molecule has 0 bridgehead atoms. The number of amides is 2. The first-order valence-corrected chi connectivity index (χ1v) is 5.26. The van der Waals surface area contributed by atoms with Gasteiger partial charge in [0.15, 0.2) is 0 Å². The van der Waals surface area contributed by atoms with Crippen molar-refractivity contribution in [3.63, 3.8) is 0 Å². The number of nitrogens with two attached hydrogens (primary N) is 1. The Hall–Kier alpha value is -1.49. The molecule has 1 aliphatic carbocycles. The largest absolute Gasteiger partial charge is 0.397 e. The van der Waals surface area contributed by atoms with Gasteiger partial charge in [0, 0.05) is 6.04 Å². The van der Waals surface area contributed by atoms with Crippen molar-refractivity contribution < 1.29 is 9.18 Å². The first kappa shape index (κ1) is 11.0. The number of hydrogen-bond acceptors (Lipinski definition) is 2. The first-order valence-electron chi connectivity index (χ1n) is 4.88. The van der Waals surface area contributed by atoms with Crippen LogP contribution < -0.4 is 16.4 Å². The van der Waals surface area contributed by atoms with E-state index in [-0.39, 0.29) is 22.4 Å². The molecule has 86 valence electrons. The Kier molecular flexibility index (Phi) is 2.87. The highest BCUT2D eigenvalue weighted by atomic mass is 35.5. The van der Waals surface area contributed by atoms with E-state index < -0.39 is 11.8 Å². The molecule has 1 aromatic carbocycles. The highest BCUT2D eigenvalue weighted by Crippen LogP contribution is 2.26. The van der Waals surface area contributed by atoms with Gasteiger partial charge in [0.1, 0.15) is 5.82 Å². The summed E-state index contributed by atoms with van der Waals surface area (Å²) in [5.41, 5.74) is 5.76. The van der Waals surface area contributed by atoms with Gasteiger partial charge in [-0.25, -0.2) is 9.18 Å². The molecular weight excluding hydrogens is 233 g/mol. The minimum atomic E-state index is -0.606. The van der Waals surface area contributed by atoms with Crippen molar-refractivity contribution in [1.82, 2.24) is 5.32 Å². The second-order valence-electron chi connectivity index (χ2n) is 3.73. The maximum atomic E-state index is 13.4. The highest BCUT2D eigenvalue weighted by Gasteiger charge is 2.23. The molecule has 1 aliphatic rings. The smallest absolute Gasteiger partial charge is 0.319 e. The number of rotatable bonds is 2. The Labute approximate surface area is 97.0 Å². The van der Waals surface area contributed by atoms with Crippen molar-refractivity contribution in [3.8, 4) is 0 Å². The zero-order valence-electron chi connectivity index (χ0n) is 8.39. The van der Waals surface area contributed by atoms with Crippen molar-refractivity contribution in [3.05, 3.63) is 23.0 Å². The van der Waals surface area contributed by atoms with Gasteiger partial charge < -0.3 is 16.4 Å². The number of anilines is 2.